The van der Waals surface area contributed by atoms with Crippen molar-refractivity contribution in [3.8, 4) is 11.5 Å². The van der Waals surface area contributed by atoms with Crippen LogP contribution in [-0.4, -0.2) is 24.4 Å². The largest absolute Gasteiger partial charge is 0.493 e. The number of ether oxygens (including phenoxy) is 2. The van der Waals surface area contributed by atoms with Crippen molar-refractivity contribution in [3.63, 3.8) is 0 Å². The number of methoxy groups -OCH3 is 1. The van der Waals surface area contributed by atoms with Crippen molar-refractivity contribution in [2.75, 3.05) is 13.7 Å². The molecule has 0 unspecified atom stereocenters. The molecule has 0 amide bonds. The number of benzene rings is 2. The number of ketones is 1. The van der Waals surface area contributed by atoms with E-state index in [4.69, 9.17) is 9.47 Å². The van der Waals surface area contributed by atoms with Gasteiger partial charge < -0.3 is 9.47 Å². The van der Waals surface area contributed by atoms with Crippen LogP contribution in [0.4, 0.5) is 5.69 Å². The van der Waals surface area contributed by atoms with Gasteiger partial charge in [0.05, 0.1) is 18.6 Å². The summed E-state index contributed by atoms with van der Waals surface area (Å²) >= 11 is 0. The topological polar surface area (TPSA) is 78.7 Å². The van der Waals surface area contributed by atoms with E-state index in [1.54, 1.807) is 19.3 Å². The van der Waals surface area contributed by atoms with E-state index in [2.05, 4.69) is 6.92 Å². The zero-order valence-corrected chi connectivity index (χ0v) is 14.8. The Morgan fingerprint density at radius 3 is 2.50 bits per heavy atom. The minimum atomic E-state index is -0.498. The Balaban J connectivity index is 2.11. The van der Waals surface area contributed by atoms with Crippen LogP contribution in [0.3, 0.4) is 0 Å². The molecule has 0 bridgehead atoms. The second-order valence-electron chi connectivity index (χ2n) is 5.61. The van der Waals surface area contributed by atoms with Gasteiger partial charge in [-0.3, -0.25) is 14.9 Å². The first-order valence-corrected chi connectivity index (χ1v) is 8.33. The van der Waals surface area contributed by atoms with Crippen molar-refractivity contribution in [1.82, 2.24) is 0 Å². The van der Waals surface area contributed by atoms with Crippen molar-refractivity contribution in [2.24, 2.45) is 0 Å². The fourth-order valence-electron chi connectivity index (χ4n) is 2.25. The summed E-state index contributed by atoms with van der Waals surface area (Å²) in [7, 11) is 1.58. The quantitative estimate of drug-likeness (QED) is 0.215. The highest BCUT2D eigenvalue weighted by Gasteiger charge is 2.08. The first kappa shape index (κ1) is 19.2. The number of hydrogen-bond acceptors (Lipinski definition) is 5. The van der Waals surface area contributed by atoms with Crippen molar-refractivity contribution >= 4 is 17.5 Å². The van der Waals surface area contributed by atoms with Crippen LogP contribution < -0.4 is 9.47 Å². The summed E-state index contributed by atoms with van der Waals surface area (Å²) in [5.74, 6) is 1.04. The van der Waals surface area contributed by atoms with Gasteiger partial charge in [0.1, 0.15) is 0 Å². The smallest absolute Gasteiger partial charge is 0.269 e. The maximum absolute atomic E-state index is 12.2. The normalized spacial score (nSPS) is 10.7. The Bertz CT molecular complexity index is 796. The molecule has 6 heteroatoms. The number of rotatable bonds is 9. The highest BCUT2D eigenvalue weighted by Crippen LogP contribution is 2.29. The summed E-state index contributed by atoms with van der Waals surface area (Å²) in [6.45, 7) is 2.69. The fraction of sp³-hybridized carbons (Fsp3) is 0.250. The number of unbranched alkanes of at least 4 members (excludes halogenated alkanes) is 1. The third-order valence-corrected chi connectivity index (χ3v) is 3.73. The van der Waals surface area contributed by atoms with Crippen molar-refractivity contribution < 1.29 is 19.2 Å². The van der Waals surface area contributed by atoms with Crippen molar-refractivity contribution in [3.05, 3.63) is 69.8 Å². The van der Waals surface area contributed by atoms with E-state index in [1.165, 1.54) is 30.3 Å². The average Bonchev–Trinajstić information content (AvgIpc) is 2.66. The van der Waals surface area contributed by atoms with Gasteiger partial charge in [-0.05, 0) is 42.3 Å². The summed E-state index contributed by atoms with van der Waals surface area (Å²) in [6, 6.07) is 10.9. The van der Waals surface area contributed by atoms with Gasteiger partial charge >= 0.3 is 0 Å². The second kappa shape index (κ2) is 9.36. The standard InChI is InChI=1S/C20H21NO5/c1-3-4-13-26-20-14-15(6-12-19(20)25-2)5-11-18(22)16-7-9-17(10-8-16)21(23)24/h5-12,14H,3-4,13H2,1-2H3/b11-5+. The number of allylic oxidation sites excluding steroid dienone is 1. The van der Waals surface area contributed by atoms with E-state index in [9.17, 15) is 14.9 Å². The predicted molar refractivity (Wildman–Crippen MR) is 99.9 cm³/mol. The van der Waals surface area contributed by atoms with E-state index in [-0.39, 0.29) is 11.5 Å². The van der Waals surface area contributed by atoms with Crippen molar-refractivity contribution in [2.45, 2.75) is 19.8 Å². The first-order chi connectivity index (χ1) is 12.5. The Hall–Kier alpha value is -3.15. The second-order valence-corrected chi connectivity index (χ2v) is 5.61. The van der Waals surface area contributed by atoms with Gasteiger partial charge in [0, 0.05) is 17.7 Å². The summed E-state index contributed by atoms with van der Waals surface area (Å²) in [5.41, 5.74) is 1.14. The highest BCUT2D eigenvalue weighted by molar-refractivity contribution is 6.06. The molecule has 0 saturated carbocycles. The molecule has 0 atom stereocenters. The van der Waals surface area contributed by atoms with Gasteiger partial charge in [0.25, 0.3) is 5.69 Å². The van der Waals surface area contributed by atoms with Crippen LogP contribution in [0.5, 0.6) is 11.5 Å². The maximum atomic E-state index is 12.2. The SMILES string of the molecule is CCCCOc1cc(/C=C/C(=O)c2ccc([N+](=O)[O-])cc2)ccc1OC. The molecule has 6 nitrogen and oxygen atoms in total. The molecule has 2 rings (SSSR count). The average molecular weight is 355 g/mol. The van der Waals surface area contributed by atoms with Gasteiger partial charge in [-0.25, -0.2) is 0 Å². The molecule has 0 aliphatic rings. The molecule has 2 aromatic rings. The van der Waals surface area contributed by atoms with Crippen LogP contribution in [0.2, 0.25) is 0 Å². The molecule has 0 saturated heterocycles. The molecule has 2 aromatic carbocycles. The number of nitro groups is 1. The maximum Gasteiger partial charge on any atom is 0.269 e. The third-order valence-electron chi connectivity index (χ3n) is 3.73. The monoisotopic (exact) mass is 355 g/mol. The molecule has 0 aliphatic carbocycles. The number of non-ortho nitro benzene ring substituents is 1. The zero-order valence-electron chi connectivity index (χ0n) is 14.8. The van der Waals surface area contributed by atoms with Crippen LogP contribution in [0.1, 0.15) is 35.7 Å². The van der Waals surface area contributed by atoms with Crippen LogP contribution in [0, 0.1) is 10.1 Å². The number of nitro benzene ring substituents is 1. The minimum absolute atomic E-state index is 0.0467. The summed E-state index contributed by atoms with van der Waals surface area (Å²) in [6.07, 6.45) is 5.09. The number of carbonyl (C=O) groups is 1. The zero-order chi connectivity index (χ0) is 18.9. The van der Waals surface area contributed by atoms with Gasteiger partial charge in [-0.2, -0.15) is 0 Å². The highest BCUT2D eigenvalue weighted by atomic mass is 16.6. The number of carbonyl (C=O) groups excluding carboxylic acids is 1. The lowest BCUT2D eigenvalue weighted by molar-refractivity contribution is -0.384. The molecular weight excluding hydrogens is 334 g/mol. The van der Waals surface area contributed by atoms with E-state index in [0.717, 1.165) is 18.4 Å². The van der Waals surface area contributed by atoms with Crippen LogP contribution in [0.15, 0.2) is 48.5 Å². The van der Waals surface area contributed by atoms with Crippen LogP contribution in [0.25, 0.3) is 6.08 Å². The number of hydrogen-bond donors (Lipinski definition) is 0. The van der Waals surface area contributed by atoms with Crippen LogP contribution in [-0.2, 0) is 0 Å². The molecule has 0 fully saturated rings. The molecule has 0 N–H and O–H groups in total. The number of nitrogens with zero attached hydrogens (tertiary/aromatic N) is 1. The Morgan fingerprint density at radius 2 is 1.88 bits per heavy atom. The van der Waals surface area contributed by atoms with Crippen LogP contribution >= 0.6 is 0 Å². The van der Waals surface area contributed by atoms with Gasteiger partial charge in [-0.15, -0.1) is 0 Å². The predicted octanol–water partition coefficient (Wildman–Crippen LogP) is 4.68. The Morgan fingerprint density at radius 1 is 1.15 bits per heavy atom. The van der Waals surface area contributed by atoms with E-state index >= 15 is 0 Å². The molecule has 136 valence electrons. The third kappa shape index (κ3) is 5.17. The first-order valence-electron chi connectivity index (χ1n) is 8.33. The van der Waals surface area contributed by atoms with Gasteiger partial charge in [-0.1, -0.05) is 25.5 Å². The molecule has 26 heavy (non-hydrogen) atoms. The lowest BCUT2D eigenvalue weighted by Crippen LogP contribution is -1.99. The van der Waals surface area contributed by atoms with Gasteiger partial charge in [0.15, 0.2) is 17.3 Å². The molecule has 0 radical (unpaired) electrons. The Labute approximate surface area is 152 Å². The molecule has 0 aliphatic heterocycles. The van der Waals surface area contributed by atoms with Crippen molar-refractivity contribution in [1.29, 1.82) is 0 Å². The molecule has 0 spiro atoms. The fourth-order valence-corrected chi connectivity index (χ4v) is 2.25. The van der Waals surface area contributed by atoms with E-state index in [0.29, 0.717) is 23.7 Å². The summed E-state index contributed by atoms with van der Waals surface area (Å²) in [4.78, 5) is 22.4. The van der Waals surface area contributed by atoms with E-state index < -0.39 is 4.92 Å². The lowest BCUT2D eigenvalue weighted by atomic mass is 10.1. The molecular formula is C20H21NO5. The van der Waals surface area contributed by atoms with E-state index in [1.807, 2.05) is 12.1 Å². The molecule has 0 aromatic heterocycles. The minimum Gasteiger partial charge on any atom is -0.493 e. The lowest BCUT2D eigenvalue weighted by Gasteiger charge is -2.11. The van der Waals surface area contributed by atoms with Gasteiger partial charge in [0.2, 0.25) is 0 Å². The summed E-state index contributed by atoms with van der Waals surface area (Å²) in [5, 5.41) is 10.7. The summed E-state index contributed by atoms with van der Waals surface area (Å²) < 4.78 is 11.0. The Kier molecular flexibility index (Phi) is 6.91. The molecule has 0 heterocycles.